The van der Waals surface area contributed by atoms with Crippen molar-refractivity contribution in [3.8, 4) is 0 Å². The maximum absolute atomic E-state index is 8.25. The van der Waals surface area contributed by atoms with Crippen LogP contribution in [0.2, 0.25) is 0 Å². The van der Waals surface area contributed by atoms with Crippen LogP contribution in [0.25, 0.3) is 0 Å². The fourth-order valence-corrected chi connectivity index (χ4v) is 0. The van der Waals surface area contributed by atoms with Gasteiger partial charge in [-0.25, -0.2) is 0 Å². The Morgan fingerprint density at radius 1 is 0.421 bits per heavy atom. The molecule has 0 heterocycles. The summed E-state index contributed by atoms with van der Waals surface area (Å²) in [6.07, 6.45) is 0. The van der Waals surface area contributed by atoms with Crippen molar-refractivity contribution in [2.75, 3.05) is 0 Å². The molecule has 0 aromatic rings. The van der Waals surface area contributed by atoms with Gasteiger partial charge in [-0.3, -0.25) is 0 Å². The van der Waals surface area contributed by atoms with Gasteiger partial charge in [0.15, 0.2) is 0 Å². The molecule has 0 saturated carbocycles. The van der Waals surface area contributed by atoms with Crippen LogP contribution in [0.1, 0.15) is 0 Å². The van der Waals surface area contributed by atoms with Crippen molar-refractivity contribution >= 4 is 0 Å². The first-order valence-corrected chi connectivity index (χ1v) is 1.64. The zero-order valence-electron chi connectivity index (χ0n) is 8.30. The zero-order chi connectivity index (χ0) is 10.7. The van der Waals surface area contributed by atoms with Crippen LogP contribution in [-0.4, -0.2) is 48.1 Å². The standard InChI is InChI=1S/Er.3NO3.6H2O/c;3*2-1(3)4;;;;;;/h;;;;6*1H2/q;3*-1;;;;;;. The molecule has 12 N–H and O–H groups in total. The molecule has 0 rings (SSSR count). The summed E-state index contributed by atoms with van der Waals surface area (Å²) < 4.78 is 0. The Kier molecular flexibility index (Phi) is 309. The molecule has 18 nitrogen and oxygen atoms in total. The topological polar surface area (TPSA) is 388 Å². The third kappa shape index (κ3) is 1830. The third-order valence-electron chi connectivity index (χ3n) is 0. The van der Waals surface area contributed by atoms with E-state index < -0.39 is 15.3 Å². The fourth-order valence-electron chi connectivity index (χ4n) is 0. The molecule has 0 spiro atoms. The quantitative estimate of drug-likeness (QED) is 0.244. The van der Waals surface area contributed by atoms with E-state index in [1.54, 1.807) is 0 Å². The van der Waals surface area contributed by atoms with E-state index in [-0.39, 0.29) is 70.2 Å². The van der Waals surface area contributed by atoms with Gasteiger partial charge in [0.25, 0.3) is 0 Å². The van der Waals surface area contributed by atoms with Gasteiger partial charge in [0.1, 0.15) is 0 Å². The smallest absolute Gasteiger partial charge is 0.0689 e. The Balaban J connectivity index is -0.00000000675. The van der Waals surface area contributed by atoms with Gasteiger partial charge in [-0.2, -0.15) is 0 Å². The van der Waals surface area contributed by atoms with Crippen molar-refractivity contribution in [3.05, 3.63) is 46.0 Å². The maximum atomic E-state index is 8.25. The van der Waals surface area contributed by atoms with Gasteiger partial charge in [-0.05, 0) is 0 Å². The monoisotopic (exact) mass is 460 g/mol. The molecular formula is H12ErN3O15-3. The van der Waals surface area contributed by atoms with Crippen LogP contribution in [-0.2, 0) is 0 Å². The van der Waals surface area contributed by atoms with Gasteiger partial charge < -0.3 is 78.8 Å². The molecule has 0 bridgehead atoms. The van der Waals surface area contributed by atoms with E-state index in [1.807, 2.05) is 0 Å². The molecule has 132 valence electrons. The van der Waals surface area contributed by atoms with E-state index in [9.17, 15) is 0 Å². The first-order chi connectivity index (χ1) is 5.20. The van der Waals surface area contributed by atoms with E-state index in [1.165, 1.54) is 0 Å². The minimum absolute atomic E-state index is 0. The molecule has 0 aromatic carbocycles. The van der Waals surface area contributed by atoms with Crippen molar-refractivity contribution in [1.29, 1.82) is 0 Å². The van der Waals surface area contributed by atoms with Crippen molar-refractivity contribution in [3.63, 3.8) is 0 Å². The Hall–Kier alpha value is -1.39. The first-order valence-electron chi connectivity index (χ1n) is 1.64. The molecule has 19 heavy (non-hydrogen) atoms. The Morgan fingerprint density at radius 2 is 0.421 bits per heavy atom. The Bertz CT molecular complexity index is 115. The molecule has 0 fully saturated rings. The van der Waals surface area contributed by atoms with E-state index in [2.05, 4.69) is 0 Å². The fraction of sp³-hybridized carbons (Fsp3) is 0. The van der Waals surface area contributed by atoms with Gasteiger partial charge in [-0.15, -0.1) is 0 Å². The largest absolute Gasteiger partial charge is 0.412 e. The van der Waals surface area contributed by atoms with Gasteiger partial charge in [-0.1, -0.05) is 0 Å². The molecule has 19 heteroatoms. The van der Waals surface area contributed by atoms with E-state index in [0.717, 1.165) is 0 Å². The van der Waals surface area contributed by atoms with Crippen LogP contribution in [0.3, 0.4) is 0 Å². The van der Waals surface area contributed by atoms with Gasteiger partial charge in [0, 0.05) is 37.3 Å². The molecular weight excluding hydrogens is 449 g/mol. The second-order valence-electron chi connectivity index (χ2n) is 0.671. The zero-order valence-corrected chi connectivity index (χ0v) is 10.2. The van der Waals surface area contributed by atoms with Gasteiger partial charge >= 0.3 is 0 Å². The molecule has 0 aliphatic rings. The van der Waals surface area contributed by atoms with E-state index in [0.29, 0.717) is 0 Å². The number of nitrogens with zero attached hydrogens (tertiary/aromatic N) is 3. The summed E-state index contributed by atoms with van der Waals surface area (Å²) in [7, 11) is 0. The number of rotatable bonds is 0. The molecule has 0 unspecified atom stereocenters. The molecule has 0 radical (unpaired) electrons. The number of hydrogen-bond acceptors (Lipinski definition) is 9. The molecule has 0 aromatic heterocycles. The first kappa shape index (κ1) is 83.9. The second-order valence-corrected chi connectivity index (χ2v) is 0.671. The van der Waals surface area contributed by atoms with Gasteiger partial charge in [0.05, 0.1) is 15.3 Å². The van der Waals surface area contributed by atoms with Crippen molar-refractivity contribution in [1.82, 2.24) is 0 Å². The van der Waals surface area contributed by atoms with E-state index >= 15 is 0 Å². The molecule has 0 saturated heterocycles. The molecule has 0 aliphatic heterocycles. The number of hydrogen-bond donors (Lipinski definition) is 0. The third-order valence-corrected chi connectivity index (χ3v) is 0. The van der Waals surface area contributed by atoms with Crippen molar-refractivity contribution in [2.24, 2.45) is 0 Å². The molecule has 0 atom stereocenters. The average Bonchev–Trinajstić information content (AvgIpc) is 1.54. The summed E-state index contributed by atoms with van der Waals surface area (Å²) in [6, 6.07) is 0. The van der Waals surface area contributed by atoms with E-state index in [4.69, 9.17) is 46.0 Å². The van der Waals surface area contributed by atoms with Crippen molar-refractivity contribution in [2.45, 2.75) is 0 Å². The summed E-state index contributed by atoms with van der Waals surface area (Å²) in [5, 5.41) is 44.2. The van der Waals surface area contributed by atoms with Crippen LogP contribution >= 0.6 is 0 Å². The maximum Gasteiger partial charge on any atom is 0.0689 e. The minimum Gasteiger partial charge on any atom is -0.412 e. The molecule has 0 amide bonds. The summed E-state index contributed by atoms with van der Waals surface area (Å²) in [4.78, 5) is 24.8. The summed E-state index contributed by atoms with van der Waals surface area (Å²) in [5.41, 5.74) is 0. The van der Waals surface area contributed by atoms with Gasteiger partial charge in [0.2, 0.25) is 0 Å². The minimum atomic E-state index is -1.75. The SMILES string of the molecule is O.O.O.O.O.O.O=[N+]([O-])[O-].O=[N+]([O-])[O-].O=[N+]([O-])[O-].[Er]. The van der Waals surface area contributed by atoms with Crippen LogP contribution in [0.4, 0.5) is 0 Å². The second kappa shape index (κ2) is 69.9. The summed E-state index contributed by atoms with van der Waals surface area (Å²) in [5.74, 6) is 0. The predicted molar refractivity (Wildman–Crippen MR) is 52.8 cm³/mol. The summed E-state index contributed by atoms with van der Waals surface area (Å²) >= 11 is 0. The van der Waals surface area contributed by atoms with Crippen molar-refractivity contribution < 1.29 is 85.4 Å². The normalized spacial score (nSPS) is 3.79. The molecule has 0 aliphatic carbocycles. The predicted octanol–water partition coefficient (Wildman–Crippen LogP) is -5.67. The summed E-state index contributed by atoms with van der Waals surface area (Å²) in [6.45, 7) is 0. The average molecular weight is 461 g/mol. The van der Waals surface area contributed by atoms with Crippen LogP contribution in [0.15, 0.2) is 0 Å². The van der Waals surface area contributed by atoms with Crippen LogP contribution in [0.5, 0.6) is 0 Å². The van der Waals surface area contributed by atoms with Crippen LogP contribution in [0, 0.1) is 83.3 Å². The Morgan fingerprint density at radius 3 is 0.421 bits per heavy atom. The van der Waals surface area contributed by atoms with Crippen LogP contribution < -0.4 is 0 Å². The Labute approximate surface area is 131 Å².